The average molecular weight is 497 g/mol. The van der Waals surface area contributed by atoms with E-state index in [2.05, 4.69) is 25.5 Å². The Labute approximate surface area is 185 Å². The van der Waals surface area contributed by atoms with E-state index < -0.39 is 0 Å². The van der Waals surface area contributed by atoms with E-state index in [9.17, 15) is 4.79 Å². The van der Waals surface area contributed by atoms with Gasteiger partial charge in [-0.3, -0.25) is 4.79 Å². The number of amides is 1. The van der Waals surface area contributed by atoms with E-state index in [0.717, 1.165) is 36.8 Å². The van der Waals surface area contributed by atoms with Gasteiger partial charge in [0.15, 0.2) is 5.96 Å². The Morgan fingerprint density at radius 2 is 1.89 bits per heavy atom. The summed E-state index contributed by atoms with van der Waals surface area (Å²) in [5, 5.41) is 9.56. The monoisotopic (exact) mass is 497 g/mol. The molecule has 1 aromatic heterocycles. The zero-order chi connectivity index (χ0) is 19.5. The number of benzene rings is 1. The van der Waals surface area contributed by atoms with Crippen molar-refractivity contribution in [3.8, 4) is 0 Å². The van der Waals surface area contributed by atoms with Gasteiger partial charge in [-0.15, -0.1) is 24.0 Å². The molecule has 2 aromatic rings. The van der Waals surface area contributed by atoms with E-state index in [1.54, 1.807) is 0 Å². The maximum Gasteiger partial charge on any atom is 0.224 e. The van der Waals surface area contributed by atoms with Crippen LogP contribution in [0.15, 0.2) is 53.8 Å². The highest BCUT2D eigenvalue weighted by atomic mass is 127. The lowest BCUT2D eigenvalue weighted by atomic mass is 10.1. The van der Waals surface area contributed by atoms with Crippen LogP contribution in [0.5, 0.6) is 0 Å². The molecule has 1 heterocycles. The molecule has 1 amide bonds. The largest absolute Gasteiger partial charge is 0.357 e. The van der Waals surface area contributed by atoms with Crippen molar-refractivity contribution in [1.29, 1.82) is 0 Å². The van der Waals surface area contributed by atoms with Gasteiger partial charge in [-0.2, -0.15) is 0 Å². The van der Waals surface area contributed by atoms with E-state index in [0.29, 0.717) is 18.9 Å². The second-order valence-electron chi connectivity index (χ2n) is 6.89. The van der Waals surface area contributed by atoms with Gasteiger partial charge in [0.05, 0.1) is 6.54 Å². The fraction of sp³-hybridized carbons (Fsp3) is 0.429. The molecule has 0 bridgehead atoms. The predicted octanol–water partition coefficient (Wildman–Crippen LogP) is 3.85. The van der Waals surface area contributed by atoms with Crippen molar-refractivity contribution in [2.75, 3.05) is 18.4 Å². The normalized spacial score (nSPS) is 11.1. The lowest BCUT2D eigenvalue weighted by Crippen LogP contribution is -2.38. The first-order valence-electron chi connectivity index (χ1n) is 9.58. The minimum Gasteiger partial charge on any atom is -0.357 e. The zero-order valence-electron chi connectivity index (χ0n) is 16.9. The predicted molar refractivity (Wildman–Crippen MR) is 127 cm³/mol. The highest BCUT2D eigenvalue weighted by Crippen LogP contribution is 2.13. The first kappa shape index (κ1) is 24.0. The van der Waals surface area contributed by atoms with Crippen molar-refractivity contribution in [3.05, 3.63) is 54.4 Å². The minimum atomic E-state index is 0. The van der Waals surface area contributed by atoms with Crippen LogP contribution in [0.2, 0.25) is 0 Å². The van der Waals surface area contributed by atoms with Crippen LogP contribution < -0.4 is 16.0 Å². The van der Waals surface area contributed by atoms with Crippen molar-refractivity contribution in [1.82, 2.24) is 15.2 Å². The van der Waals surface area contributed by atoms with Crippen molar-refractivity contribution in [3.63, 3.8) is 0 Å². The van der Waals surface area contributed by atoms with Crippen LogP contribution in [0.4, 0.5) is 5.69 Å². The lowest BCUT2D eigenvalue weighted by Gasteiger charge is -2.12. The van der Waals surface area contributed by atoms with Crippen molar-refractivity contribution in [2.45, 2.75) is 40.3 Å². The number of anilines is 1. The molecule has 0 aliphatic carbocycles. The highest BCUT2D eigenvalue weighted by molar-refractivity contribution is 14.0. The van der Waals surface area contributed by atoms with Gasteiger partial charge in [0.2, 0.25) is 5.91 Å². The second-order valence-corrected chi connectivity index (χ2v) is 6.89. The number of hydrogen-bond donors (Lipinski definition) is 3. The molecule has 154 valence electrons. The SMILES string of the molecule is CCNC(=NCc1cccc(NC(=O)CC(C)C)c1)NCCn1cccc1.I. The van der Waals surface area contributed by atoms with Crippen LogP contribution in [0.1, 0.15) is 32.8 Å². The molecule has 2 rings (SSSR count). The Kier molecular flexibility index (Phi) is 11.3. The van der Waals surface area contributed by atoms with Crippen LogP contribution in [-0.4, -0.2) is 29.5 Å². The fourth-order valence-corrected chi connectivity index (χ4v) is 2.66. The van der Waals surface area contributed by atoms with E-state index in [1.165, 1.54) is 0 Å². The Balaban J connectivity index is 0.00000392. The summed E-state index contributed by atoms with van der Waals surface area (Å²) in [7, 11) is 0. The van der Waals surface area contributed by atoms with Gasteiger partial charge in [-0.1, -0.05) is 26.0 Å². The Bertz CT molecular complexity index is 728. The molecule has 0 saturated carbocycles. The standard InChI is InChI=1S/C21H31N5O.HI/c1-4-22-21(23-10-13-26-11-5-6-12-26)24-16-18-8-7-9-19(15-18)25-20(27)14-17(2)3;/h5-9,11-12,15,17H,4,10,13-14,16H2,1-3H3,(H,25,27)(H2,22,23,24);1H. The molecule has 0 fully saturated rings. The number of guanidine groups is 1. The van der Waals surface area contributed by atoms with Gasteiger partial charge >= 0.3 is 0 Å². The first-order chi connectivity index (χ1) is 13.1. The molecule has 0 unspecified atom stereocenters. The number of carbonyl (C=O) groups is 1. The summed E-state index contributed by atoms with van der Waals surface area (Å²) in [6.45, 7) is 9.16. The maximum atomic E-state index is 11.9. The number of nitrogens with one attached hydrogen (secondary N) is 3. The lowest BCUT2D eigenvalue weighted by molar-refractivity contribution is -0.116. The number of aliphatic imine (C=N–C) groups is 1. The highest BCUT2D eigenvalue weighted by Gasteiger charge is 2.05. The Morgan fingerprint density at radius 1 is 1.14 bits per heavy atom. The van der Waals surface area contributed by atoms with E-state index in [4.69, 9.17) is 0 Å². The molecule has 7 heteroatoms. The minimum absolute atomic E-state index is 0. The van der Waals surface area contributed by atoms with Gasteiger partial charge in [0, 0.05) is 44.1 Å². The number of rotatable bonds is 9. The number of nitrogens with zero attached hydrogens (tertiary/aromatic N) is 2. The van der Waals surface area contributed by atoms with E-state index >= 15 is 0 Å². The molecule has 0 aliphatic heterocycles. The van der Waals surface area contributed by atoms with Crippen LogP contribution in [0.3, 0.4) is 0 Å². The summed E-state index contributed by atoms with van der Waals surface area (Å²) in [4.78, 5) is 16.6. The molecule has 0 radical (unpaired) electrons. The topological polar surface area (TPSA) is 70.4 Å². The number of halogens is 1. The fourth-order valence-electron chi connectivity index (χ4n) is 2.66. The summed E-state index contributed by atoms with van der Waals surface area (Å²) < 4.78 is 2.12. The molecule has 0 spiro atoms. The molecule has 28 heavy (non-hydrogen) atoms. The van der Waals surface area contributed by atoms with Gasteiger partial charge in [-0.25, -0.2) is 4.99 Å². The Hall–Kier alpha value is -2.03. The quantitative estimate of drug-likeness (QED) is 0.280. The van der Waals surface area contributed by atoms with Gasteiger partial charge in [0.1, 0.15) is 0 Å². The summed E-state index contributed by atoms with van der Waals surface area (Å²) >= 11 is 0. The van der Waals surface area contributed by atoms with E-state index in [-0.39, 0.29) is 29.9 Å². The van der Waals surface area contributed by atoms with Crippen LogP contribution in [0.25, 0.3) is 0 Å². The van der Waals surface area contributed by atoms with Crippen LogP contribution in [-0.2, 0) is 17.9 Å². The molecular formula is C21H32IN5O. The molecule has 6 nitrogen and oxygen atoms in total. The molecule has 0 saturated heterocycles. The third kappa shape index (κ3) is 9.25. The van der Waals surface area contributed by atoms with Crippen LogP contribution in [0, 0.1) is 5.92 Å². The molecule has 1 aromatic carbocycles. The zero-order valence-corrected chi connectivity index (χ0v) is 19.3. The maximum absolute atomic E-state index is 11.9. The molecule has 0 atom stereocenters. The third-order valence-corrected chi connectivity index (χ3v) is 3.90. The number of carbonyl (C=O) groups excluding carboxylic acids is 1. The Morgan fingerprint density at radius 3 is 2.57 bits per heavy atom. The second kappa shape index (κ2) is 13.2. The number of aromatic nitrogens is 1. The average Bonchev–Trinajstić information content (AvgIpc) is 3.12. The van der Waals surface area contributed by atoms with E-state index in [1.807, 2.05) is 69.6 Å². The smallest absolute Gasteiger partial charge is 0.224 e. The van der Waals surface area contributed by atoms with Crippen LogP contribution >= 0.6 is 24.0 Å². The first-order valence-corrected chi connectivity index (χ1v) is 9.58. The summed E-state index contributed by atoms with van der Waals surface area (Å²) in [6.07, 6.45) is 4.62. The van der Waals surface area contributed by atoms with Crippen molar-refractivity contribution >= 4 is 41.5 Å². The summed E-state index contributed by atoms with van der Waals surface area (Å²) in [6, 6.07) is 11.9. The van der Waals surface area contributed by atoms with Gasteiger partial charge < -0.3 is 20.5 Å². The molecular weight excluding hydrogens is 465 g/mol. The third-order valence-electron chi connectivity index (χ3n) is 3.90. The molecule has 3 N–H and O–H groups in total. The molecule has 0 aliphatic rings. The summed E-state index contributed by atoms with van der Waals surface area (Å²) in [5.41, 5.74) is 1.87. The van der Waals surface area contributed by atoms with Crippen molar-refractivity contribution < 1.29 is 4.79 Å². The number of hydrogen-bond acceptors (Lipinski definition) is 2. The van der Waals surface area contributed by atoms with Gasteiger partial charge in [-0.05, 0) is 42.7 Å². The summed E-state index contributed by atoms with van der Waals surface area (Å²) in [5.74, 6) is 1.18. The van der Waals surface area contributed by atoms with Crippen molar-refractivity contribution in [2.24, 2.45) is 10.9 Å². The van der Waals surface area contributed by atoms with Gasteiger partial charge in [0.25, 0.3) is 0 Å².